The Kier molecular flexibility index (Phi) is 8.34. The molecule has 23 heavy (non-hydrogen) atoms. The highest BCUT2D eigenvalue weighted by Gasteiger charge is 2.31. The summed E-state index contributed by atoms with van der Waals surface area (Å²) in [5, 5.41) is 3.52. The molecule has 1 aliphatic heterocycles. The molecule has 1 rings (SSSR count). The molecule has 0 saturated carbocycles. The molecular weight excluding hydrogens is 292 g/mol. The van der Waals surface area contributed by atoms with E-state index < -0.39 is 5.60 Å². The second-order valence-corrected chi connectivity index (χ2v) is 7.63. The maximum atomic E-state index is 12.4. The summed E-state index contributed by atoms with van der Waals surface area (Å²) in [5.74, 6) is 0. The molecule has 1 saturated heterocycles. The SMILES string of the molecule is CCOC(C)CNC(C)CC1CCCCN1C(=O)OC(C)(C)C. The second-order valence-electron chi connectivity index (χ2n) is 7.63. The Morgan fingerprint density at radius 3 is 2.61 bits per heavy atom. The first kappa shape index (κ1) is 20.2. The lowest BCUT2D eigenvalue weighted by Crippen LogP contribution is -2.48. The van der Waals surface area contributed by atoms with Crippen LogP contribution in [0.1, 0.15) is 67.2 Å². The Morgan fingerprint density at radius 1 is 1.30 bits per heavy atom. The summed E-state index contributed by atoms with van der Waals surface area (Å²) in [7, 11) is 0. The summed E-state index contributed by atoms with van der Waals surface area (Å²) < 4.78 is 11.1. The van der Waals surface area contributed by atoms with Gasteiger partial charge in [-0.1, -0.05) is 0 Å². The van der Waals surface area contributed by atoms with Crippen LogP contribution >= 0.6 is 0 Å². The maximum Gasteiger partial charge on any atom is 0.410 e. The predicted octanol–water partition coefficient (Wildman–Crippen LogP) is 3.57. The Bertz CT molecular complexity index is 355. The molecule has 3 atom stereocenters. The molecule has 1 fully saturated rings. The van der Waals surface area contributed by atoms with Gasteiger partial charge in [0.2, 0.25) is 0 Å². The van der Waals surface area contributed by atoms with E-state index in [0.717, 1.165) is 39.0 Å². The molecule has 1 aliphatic rings. The minimum atomic E-state index is -0.435. The molecule has 0 bridgehead atoms. The third-order valence-corrected chi connectivity index (χ3v) is 4.09. The van der Waals surface area contributed by atoms with Crippen molar-refractivity contribution in [1.82, 2.24) is 10.2 Å². The summed E-state index contributed by atoms with van der Waals surface area (Å²) >= 11 is 0. The topological polar surface area (TPSA) is 50.8 Å². The van der Waals surface area contributed by atoms with E-state index in [-0.39, 0.29) is 18.2 Å². The van der Waals surface area contributed by atoms with E-state index in [9.17, 15) is 4.79 Å². The van der Waals surface area contributed by atoms with Crippen LogP contribution < -0.4 is 5.32 Å². The number of amides is 1. The van der Waals surface area contributed by atoms with Gasteiger partial charge < -0.3 is 19.7 Å². The van der Waals surface area contributed by atoms with Crippen LogP contribution in [-0.2, 0) is 9.47 Å². The van der Waals surface area contributed by atoms with Crippen molar-refractivity contribution < 1.29 is 14.3 Å². The lowest BCUT2D eigenvalue weighted by atomic mass is 9.96. The first-order valence-electron chi connectivity index (χ1n) is 9.07. The first-order valence-corrected chi connectivity index (χ1v) is 9.07. The summed E-state index contributed by atoms with van der Waals surface area (Å²) in [6.45, 7) is 14.4. The van der Waals surface area contributed by atoms with Crippen molar-refractivity contribution in [3.05, 3.63) is 0 Å². The van der Waals surface area contributed by atoms with Crippen molar-refractivity contribution in [2.45, 2.75) is 91.0 Å². The fraction of sp³-hybridized carbons (Fsp3) is 0.944. The highest BCUT2D eigenvalue weighted by molar-refractivity contribution is 5.68. The maximum absolute atomic E-state index is 12.4. The molecule has 5 nitrogen and oxygen atoms in total. The zero-order chi connectivity index (χ0) is 17.5. The molecule has 0 aliphatic carbocycles. The normalized spacial score (nSPS) is 21.8. The number of piperidine rings is 1. The van der Waals surface area contributed by atoms with Gasteiger partial charge in [0.1, 0.15) is 5.60 Å². The van der Waals surface area contributed by atoms with Crippen molar-refractivity contribution in [2.24, 2.45) is 0 Å². The van der Waals surface area contributed by atoms with Crippen LogP contribution in [0.25, 0.3) is 0 Å². The van der Waals surface area contributed by atoms with Crippen molar-refractivity contribution in [2.75, 3.05) is 19.7 Å². The molecule has 0 radical (unpaired) electrons. The van der Waals surface area contributed by atoms with Gasteiger partial charge >= 0.3 is 6.09 Å². The van der Waals surface area contributed by atoms with Gasteiger partial charge in [-0.15, -0.1) is 0 Å². The number of likely N-dealkylation sites (tertiary alicyclic amines) is 1. The molecule has 1 heterocycles. The highest BCUT2D eigenvalue weighted by Crippen LogP contribution is 2.23. The van der Waals surface area contributed by atoms with Crippen LogP contribution in [0.2, 0.25) is 0 Å². The fourth-order valence-electron chi connectivity index (χ4n) is 3.01. The number of carbonyl (C=O) groups excluding carboxylic acids is 1. The van der Waals surface area contributed by atoms with Gasteiger partial charge in [-0.2, -0.15) is 0 Å². The fourth-order valence-corrected chi connectivity index (χ4v) is 3.01. The van der Waals surface area contributed by atoms with E-state index in [4.69, 9.17) is 9.47 Å². The number of hydrogen-bond acceptors (Lipinski definition) is 4. The van der Waals surface area contributed by atoms with E-state index in [1.807, 2.05) is 32.6 Å². The van der Waals surface area contributed by atoms with Crippen LogP contribution in [0.4, 0.5) is 4.79 Å². The zero-order valence-corrected chi connectivity index (χ0v) is 15.9. The Hall–Kier alpha value is -0.810. The van der Waals surface area contributed by atoms with Gasteiger partial charge in [0.25, 0.3) is 0 Å². The largest absolute Gasteiger partial charge is 0.444 e. The average molecular weight is 328 g/mol. The van der Waals surface area contributed by atoms with E-state index in [2.05, 4.69) is 19.2 Å². The molecule has 0 aromatic heterocycles. The smallest absolute Gasteiger partial charge is 0.410 e. The van der Waals surface area contributed by atoms with Crippen LogP contribution in [0.5, 0.6) is 0 Å². The van der Waals surface area contributed by atoms with E-state index in [0.29, 0.717) is 6.04 Å². The second kappa shape index (κ2) is 9.48. The number of rotatable bonds is 7. The Labute approximate surface area is 142 Å². The van der Waals surface area contributed by atoms with Gasteiger partial charge in [0, 0.05) is 31.8 Å². The zero-order valence-electron chi connectivity index (χ0n) is 15.9. The standard InChI is InChI=1S/C18H36N2O3/c1-7-22-15(3)13-19-14(2)12-16-10-8-9-11-20(16)17(21)23-18(4,5)6/h14-16,19H,7-13H2,1-6H3. The molecule has 0 aromatic carbocycles. The molecule has 0 aromatic rings. The molecule has 136 valence electrons. The quantitative estimate of drug-likeness (QED) is 0.776. The molecule has 1 amide bonds. The predicted molar refractivity (Wildman–Crippen MR) is 93.7 cm³/mol. The third kappa shape index (κ3) is 8.02. The van der Waals surface area contributed by atoms with Gasteiger partial charge in [0.15, 0.2) is 0 Å². The molecular formula is C18H36N2O3. The minimum Gasteiger partial charge on any atom is -0.444 e. The lowest BCUT2D eigenvalue weighted by Gasteiger charge is -2.38. The highest BCUT2D eigenvalue weighted by atomic mass is 16.6. The van der Waals surface area contributed by atoms with E-state index in [1.54, 1.807) is 0 Å². The van der Waals surface area contributed by atoms with Crippen LogP contribution in [0.3, 0.4) is 0 Å². The number of nitrogens with one attached hydrogen (secondary N) is 1. The number of ether oxygens (including phenoxy) is 2. The van der Waals surface area contributed by atoms with Crippen molar-refractivity contribution in [3.63, 3.8) is 0 Å². The molecule has 5 heteroatoms. The van der Waals surface area contributed by atoms with Crippen molar-refractivity contribution >= 4 is 6.09 Å². The lowest BCUT2D eigenvalue weighted by molar-refractivity contribution is 0.00752. The first-order chi connectivity index (χ1) is 10.7. The van der Waals surface area contributed by atoms with Crippen molar-refractivity contribution in [3.8, 4) is 0 Å². The van der Waals surface area contributed by atoms with E-state index in [1.165, 1.54) is 6.42 Å². The molecule has 3 unspecified atom stereocenters. The van der Waals surface area contributed by atoms with Gasteiger partial charge in [-0.05, 0) is 67.2 Å². The van der Waals surface area contributed by atoms with Crippen LogP contribution in [0.15, 0.2) is 0 Å². The summed E-state index contributed by atoms with van der Waals surface area (Å²) in [6.07, 6.45) is 4.32. The van der Waals surface area contributed by atoms with Crippen LogP contribution in [0, 0.1) is 0 Å². The summed E-state index contributed by atoms with van der Waals surface area (Å²) in [4.78, 5) is 14.3. The van der Waals surface area contributed by atoms with Gasteiger partial charge in [-0.3, -0.25) is 0 Å². The Balaban J connectivity index is 2.49. The summed E-state index contributed by atoms with van der Waals surface area (Å²) in [6, 6.07) is 0.620. The van der Waals surface area contributed by atoms with Gasteiger partial charge in [-0.25, -0.2) is 4.79 Å². The summed E-state index contributed by atoms with van der Waals surface area (Å²) in [5.41, 5.74) is -0.435. The molecule has 0 spiro atoms. The third-order valence-electron chi connectivity index (χ3n) is 4.09. The number of carbonyl (C=O) groups is 1. The van der Waals surface area contributed by atoms with Crippen molar-refractivity contribution in [1.29, 1.82) is 0 Å². The van der Waals surface area contributed by atoms with Crippen LogP contribution in [-0.4, -0.2) is 54.5 Å². The number of hydrogen-bond donors (Lipinski definition) is 1. The average Bonchev–Trinajstić information content (AvgIpc) is 2.44. The van der Waals surface area contributed by atoms with Gasteiger partial charge in [0.05, 0.1) is 6.10 Å². The number of nitrogens with zero attached hydrogens (tertiary/aromatic N) is 1. The van der Waals surface area contributed by atoms with E-state index >= 15 is 0 Å². The molecule has 1 N–H and O–H groups in total. The monoisotopic (exact) mass is 328 g/mol. The Morgan fingerprint density at radius 2 is 2.00 bits per heavy atom. The minimum absolute atomic E-state index is 0.169.